The number of hydrogen-bond acceptors (Lipinski definition) is 3. The number of para-hydroxylation sites is 2. The maximum atomic E-state index is 12.1. The smallest absolute Gasteiger partial charge is 0.417 e. The van der Waals surface area contributed by atoms with Crippen LogP contribution < -0.4 is 10.1 Å². The van der Waals surface area contributed by atoms with Gasteiger partial charge in [0.05, 0.1) is 0 Å². The minimum Gasteiger partial charge on any atom is -0.508 e. The number of aromatic hydroxyl groups is 1. The van der Waals surface area contributed by atoms with Crippen molar-refractivity contribution in [2.75, 3.05) is 5.32 Å². The molecule has 24 heavy (non-hydrogen) atoms. The first-order chi connectivity index (χ1) is 11.7. The molecule has 0 saturated carbocycles. The number of carbonyl (C=O) groups is 1. The van der Waals surface area contributed by atoms with Gasteiger partial charge >= 0.3 is 6.09 Å². The van der Waals surface area contributed by atoms with Crippen molar-refractivity contribution in [1.29, 1.82) is 0 Å². The molecule has 0 aliphatic rings. The molecule has 4 nitrogen and oxygen atoms in total. The van der Waals surface area contributed by atoms with Gasteiger partial charge in [0.25, 0.3) is 0 Å². The summed E-state index contributed by atoms with van der Waals surface area (Å²) in [5, 5.41) is 12.1. The van der Waals surface area contributed by atoms with Crippen LogP contribution in [0.15, 0.2) is 78.9 Å². The fourth-order valence-corrected chi connectivity index (χ4v) is 2.35. The Kier molecular flexibility index (Phi) is 4.77. The number of anilines is 1. The molecule has 0 aliphatic carbocycles. The predicted molar refractivity (Wildman–Crippen MR) is 93.4 cm³/mol. The summed E-state index contributed by atoms with van der Waals surface area (Å²) >= 11 is 0. The van der Waals surface area contributed by atoms with Crippen molar-refractivity contribution < 1.29 is 14.6 Å². The van der Waals surface area contributed by atoms with E-state index in [1.807, 2.05) is 48.5 Å². The van der Waals surface area contributed by atoms with Crippen LogP contribution in [0.5, 0.6) is 11.5 Å². The highest BCUT2D eigenvalue weighted by Gasteiger charge is 2.09. The Labute approximate surface area is 140 Å². The van der Waals surface area contributed by atoms with Crippen LogP contribution in [-0.4, -0.2) is 11.2 Å². The molecule has 0 atom stereocenters. The maximum absolute atomic E-state index is 12.1. The molecule has 3 aromatic rings. The van der Waals surface area contributed by atoms with E-state index in [1.165, 1.54) is 0 Å². The van der Waals surface area contributed by atoms with Crippen molar-refractivity contribution in [2.45, 2.75) is 6.42 Å². The highest BCUT2D eigenvalue weighted by molar-refractivity contribution is 5.86. The molecule has 3 rings (SSSR count). The quantitative estimate of drug-likeness (QED) is 0.739. The summed E-state index contributed by atoms with van der Waals surface area (Å²) in [7, 11) is 0. The first-order valence-corrected chi connectivity index (χ1v) is 7.60. The highest BCUT2D eigenvalue weighted by Crippen LogP contribution is 2.23. The SMILES string of the molecule is O=C(Nc1ccccc1)Oc1ccccc1Cc1ccc(O)cc1. The van der Waals surface area contributed by atoms with E-state index in [-0.39, 0.29) is 5.75 Å². The van der Waals surface area contributed by atoms with E-state index in [0.29, 0.717) is 17.9 Å². The molecular weight excluding hydrogens is 302 g/mol. The molecule has 0 spiro atoms. The van der Waals surface area contributed by atoms with Gasteiger partial charge < -0.3 is 9.84 Å². The van der Waals surface area contributed by atoms with Gasteiger partial charge in [0.2, 0.25) is 0 Å². The molecule has 0 unspecified atom stereocenters. The summed E-state index contributed by atoms with van der Waals surface area (Å²) in [6.07, 6.45) is 0.0778. The Hall–Kier alpha value is -3.27. The zero-order chi connectivity index (χ0) is 16.8. The highest BCUT2D eigenvalue weighted by atomic mass is 16.6. The topological polar surface area (TPSA) is 58.6 Å². The zero-order valence-electron chi connectivity index (χ0n) is 13.0. The summed E-state index contributed by atoms with van der Waals surface area (Å²) in [5.41, 5.74) is 2.59. The van der Waals surface area contributed by atoms with Crippen molar-refractivity contribution in [3.63, 3.8) is 0 Å². The molecule has 120 valence electrons. The minimum absolute atomic E-state index is 0.227. The van der Waals surface area contributed by atoms with Gasteiger partial charge in [0.15, 0.2) is 0 Å². The molecule has 0 saturated heterocycles. The zero-order valence-corrected chi connectivity index (χ0v) is 13.0. The maximum Gasteiger partial charge on any atom is 0.417 e. The summed E-state index contributed by atoms with van der Waals surface area (Å²) in [6.45, 7) is 0. The Balaban J connectivity index is 1.71. The summed E-state index contributed by atoms with van der Waals surface area (Å²) in [5.74, 6) is 0.740. The van der Waals surface area contributed by atoms with E-state index >= 15 is 0 Å². The Morgan fingerprint density at radius 2 is 1.54 bits per heavy atom. The fraction of sp³-hybridized carbons (Fsp3) is 0.0500. The van der Waals surface area contributed by atoms with Gasteiger partial charge in [-0.15, -0.1) is 0 Å². The summed E-state index contributed by atoms with van der Waals surface area (Å²) in [4.78, 5) is 12.1. The van der Waals surface area contributed by atoms with E-state index in [2.05, 4.69) is 5.32 Å². The molecule has 0 aromatic heterocycles. The van der Waals surface area contributed by atoms with Crippen molar-refractivity contribution >= 4 is 11.8 Å². The normalized spacial score (nSPS) is 10.2. The number of carbonyl (C=O) groups excluding carboxylic acids is 1. The Morgan fingerprint density at radius 3 is 2.29 bits per heavy atom. The second-order valence-corrected chi connectivity index (χ2v) is 5.33. The Morgan fingerprint density at radius 1 is 0.875 bits per heavy atom. The molecule has 0 heterocycles. The average molecular weight is 319 g/mol. The second kappa shape index (κ2) is 7.33. The van der Waals surface area contributed by atoms with Crippen LogP contribution in [0.4, 0.5) is 10.5 Å². The van der Waals surface area contributed by atoms with Crippen LogP contribution >= 0.6 is 0 Å². The van der Waals surface area contributed by atoms with Crippen LogP contribution in [-0.2, 0) is 6.42 Å². The lowest BCUT2D eigenvalue weighted by Gasteiger charge is -2.11. The molecule has 0 radical (unpaired) electrons. The van der Waals surface area contributed by atoms with E-state index in [9.17, 15) is 9.90 Å². The number of amides is 1. The number of rotatable bonds is 4. The lowest BCUT2D eigenvalue weighted by Crippen LogP contribution is -2.17. The number of benzene rings is 3. The van der Waals surface area contributed by atoms with E-state index < -0.39 is 6.09 Å². The number of ether oxygens (including phenoxy) is 1. The van der Waals surface area contributed by atoms with Gasteiger partial charge in [0.1, 0.15) is 11.5 Å². The van der Waals surface area contributed by atoms with E-state index in [4.69, 9.17) is 4.74 Å². The largest absolute Gasteiger partial charge is 0.508 e. The predicted octanol–water partition coefficient (Wildman–Crippen LogP) is 4.59. The van der Waals surface area contributed by atoms with Crippen LogP contribution in [0, 0.1) is 0 Å². The van der Waals surface area contributed by atoms with Crippen LogP contribution in [0.25, 0.3) is 0 Å². The lowest BCUT2D eigenvalue weighted by atomic mass is 10.0. The third kappa shape index (κ3) is 4.14. The summed E-state index contributed by atoms with van der Waals surface area (Å²) < 4.78 is 5.45. The standard InChI is InChI=1S/C20H17NO3/c22-18-12-10-15(11-13-18)14-16-6-4-5-9-19(16)24-20(23)21-17-7-2-1-3-8-17/h1-13,22H,14H2,(H,21,23). The molecule has 0 aliphatic heterocycles. The van der Waals surface area contributed by atoms with Crippen LogP contribution in [0.2, 0.25) is 0 Å². The van der Waals surface area contributed by atoms with Crippen LogP contribution in [0.1, 0.15) is 11.1 Å². The van der Waals surface area contributed by atoms with Gasteiger partial charge in [-0.25, -0.2) is 4.79 Å². The third-order valence-corrected chi connectivity index (χ3v) is 3.53. The second-order valence-electron chi connectivity index (χ2n) is 5.33. The minimum atomic E-state index is -0.528. The molecule has 4 heteroatoms. The first-order valence-electron chi connectivity index (χ1n) is 7.60. The van der Waals surface area contributed by atoms with Gasteiger partial charge in [-0.3, -0.25) is 5.32 Å². The van der Waals surface area contributed by atoms with Gasteiger partial charge in [0, 0.05) is 12.1 Å². The van der Waals surface area contributed by atoms with Gasteiger partial charge in [-0.1, -0.05) is 48.5 Å². The number of nitrogens with one attached hydrogen (secondary N) is 1. The fourth-order valence-electron chi connectivity index (χ4n) is 2.35. The van der Waals surface area contributed by atoms with Gasteiger partial charge in [-0.05, 0) is 41.5 Å². The number of phenolic OH excluding ortho intramolecular Hbond substituents is 1. The van der Waals surface area contributed by atoms with Crippen LogP contribution in [0.3, 0.4) is 0 Å². The third-order valence-electron chi connectivity index (χ3n) is 3.53. The van der Waals surface area contributed by atoms with Crippen molar-refractivity contribution in [1.82, 2.24) is 0 Å². The first kappa shape index (κ1) is 15.6. The number of hydrogen-bond donors (Lipinski definition) is 2. The van der Waals surface area contributed by atoms with Gasteiger partial charge in [-0.2, -0.15) is 0 Å². The monoisotopic (exact) mass is 319 g/mol. The molecule has 1 amide bonds. The average Bonchev–Trinajstić information content (AvgIpc) is 2.59. The molecular formula is C20H17NO3. The Bertz CT molecular complexity index is 814. The molecule has 0 fully saturated rings. The van der Waals surface area contributed by atoms with Crippen molar-refractivity contribution in [2.24, 2.45) is 0 Å². The molecule has 3 aromatic carbocycles. The number of phenols is 1. The molecule has 2 N–H and O–H groups in total. The molecule has 0 bridgehead atoms. The van der Waals surface area contributed by atoms with Crippen molar-refractivity contribution in [3.05, 3.63) is 90.0 Å². The summed E-state index contributed by atoms with van der Waals surface area (Å²) in [6, 6.07) is 23.5. The lowest BCUT2D eigenvalue weighted by molar-refractivity contribution is 0.215. The van der Waals surface area contributed by atoms with E-state index in [0.717, 1.165) is 11.1 Å². The van der Waals surface area contributed by atoms with E-state index in [1.54, 1.807) is 30.3 Å². The van der Waals surface area contributed by atoms with Crippen molar-refractivity contribution in [3.8, 4) is 11.5 Å².